The lowest BCUT2D eigenvalue weighted by Gasteiger charge is -2.38. The van der Waals surface area contributed by atoms with E-state index in [1.165, 1.54) is 6.26 Å². The first-order valence-corrected chi connectivity index (χ1v) is 12.5. The first kappa shape index (κ1) is 21.3. The van der Waals surface area contributed by atoms with Crippen LogP contribution in [0.25, 0.3) is 0 Å². The van der Waals surface area contributed by atoms with Crippen molar-refractivity contribution in [2.75, 3.05) is 16.8 Å². The molecule has 0 aliphatic carbocycles. The van der Waals surface area contributed by atoms with Gasteiger partial charge in [-0.3, -0.25) is 19.2 Å². The van der Waals surface area contributed by atoms with Gasteiger partial charge >= 0.3 is 0 Å². The van der Waals surface area contributed by atoms with Crippen molar-refractivity contribution in [3.8, 4) is 0 Å². The minimum Gasteiger partial charge on any atom is -0.448 e. The highest BCUT2D eigenvalue weighted by atomic mass is 28.4. The molecule has 0 unspecified atom stereocenters. The van der Waals surface area contributed by atoms with Gasteiger partial charge in [-0.15, -0.1) is 0 Å². The molecular weight excluding hydrogens is 390 g/mol. The number of rotatable bonds is 5. The number of aromatic nitrogens is 3. The Balaban J connectivity index is 1.77. The molecule has 1 aliphatic rings. The Morgan fingerprint density at radius 1 is 1.38 bits per heavy atom. The maximum absolute atomic E-state index is 12.7. The normalized spacial score (nSPS) is 17.8. The molecule has 0 spiro atoms. The number of nitrogens with one attached hydrogen (secondary N) is 1. The number of carbonyl (C=O) groups is 2. The van der Waals surface area contributed by atoms with E-state index in [1.807, 2.05) is 0 Å². The molecule has 2 aromatic heterocycles. The maximum Gasteiger partial charge on any atom is 0.277 e. The molecule has 9 nitrogen and oxygen atoms in total. The van der Waals surface area contributed by atoms with Gasteiger partial charge in [-0.2, -0.15) is 5.10 Å². The molecule has 0 saturated carbocycles. The zero-order chi connectivity index (χ0) is 21.6. The summed E-state index contributed by atoms with van der Waals surface area (Å²) in [5.74, 6) is 0.325. The average molecular weight is 420 g/mol. The third-order valence-corrected chi connectivity index (χ3v) is 10.1. The fourth-order valence-electron chi connectivity index (χ4n) is 2.97. The van der Waals surface area contributed by atoms with Gasteiger partial charge in [-0.1, -0.05) is 20.8 Å². The Bertz CT molecular complexity index is 927. The van der Waals surface area contributed by atoms with Crippen molar-refractivity contribution in [2.45, 2.75) is 58.4 Å². The van der Waals surface area contributed by atoms with Crippen LogP contribution in [0.5, 0.6) is 0 Å². The molecule has 1 aliphatic heterocycles. The van der Waals surface area contributed by atoms with Crippen molar-refractivity contribution in [1.82, 2.24) is 14.8 Å². The predicted molar refractivity (Wildman–Crippen MR) is 111 cm³/mol. The highest BCUT2D eigenvalue weighted by Gasteiger charge is 2.43. The van der Waals surface area contributed by atoms with Gasteiger partial charge in [0.15, 0.2) is 25.7 Å². The molecule has 29 heavy (non-hydrogen) atoms. The van der Waals surface area contributed by atoms with Crippen LogP contribution in [0.1, 0.15) is 43.6 Å². The zero-order valence-corrected chi connectivity index (χ0v) is 19.1. The fourth-order valence-corrected chi connectivity index (χ4v) is 4.32. The summed E-state index contributed by atoms with van der Waals surface area (Å²) in [7, 11) is -0.260. The van der Waals surface area contributed by atoms with E-state index in [2.05, 4.69) is 49.3 Å². The van der Waals surface area contributed by atoms with Crippen molar-refractivity contribution in [3.63, 3.8) is 0 Å². The lowest BCUT2D eigenvalue weighted by atomic mass is 10.2. The van der Waals surface area contributed by atoms with E-state index in [0.717, 1.165) is 0 Å². The summed E-state index contributed by atoms with van der Waals surface area (Å²) in [6.45, 7) is 12.9. The molecule has 2 amide bonds. The Labute approximate surface area is 171 Å². The van der Waals surface area contributed by atoms with Crippen LogP contribution in [-0.2, 0) is 16.3 Å². The molecule has 158 valence electrons. The summed E-state index contributed by atoms with van der Waals surface area (Å²) < 4.78 is 13.1. The van der Waals surface area contributed by atoms with Gasteiger partial charge in [0, 0.05) is 14.0 Å². The third-order valence-electron chi connectivity index (χ3n) is 5.52. The maximum atomic E-state index is 12.7. The largest absolute Gasteiger partial charge is 0.448 e. The summed E-state index contributed by atoms with van der Waals surface area (Å²) in [5, 5.41) is 7.23. The lowest BCUT2D eigenvalue weighted by Crippen LogP contribution is -2.44. The Morgan fingerprint density at radius 2 is 2.07 bits per heavy atom. The van der Waals surface area contributed by atoms with Crippen molar-refractivity contribution in [2.24, 2.45) is 7.05 Å². The minimum atomic E-state index is -2.00. The standard InChI is InChI=1S/C19H29N5O4Si/c1-12-20-15(11-27-12)18(26)21-14-10-23(5)22-17(14)24-9-13(8-16(24)25)28-29(6,7)19(2,3)4/h10-11,13H,8-9H2,1-7H3,(H,21,26)/t13-/m0/s1. The van der Waals surface area contributed by atoms with E-state index in [4.69, 9.17) is 8.84 Å². The Morgan fingerprint density at radius 3 is 2.66 bits per heavy atom. The van der Waals surface area contributed by atoms with Crippen LogP contribution in [0.15, 0.2) is 16.9 Å². The second-order valence-corrected chi connectivity index (χ2v) is 13.7. The van der Waals surface area contributed by atoms with E-state index < -0.39 is 14.2 Å². The molecule has 1 saturated heterocycles. The van der Waals surface area contributed by atoms with Crippen LogP contribution in [0.2, 0.25) is 18.1 Å². The molecule has 1 fully saturated rings. The minimum absolute atomic E-state index is 0.0589. The SMILES string of the molecule is Cc1nc(C(=O)Nc2cn(C)nc2N2C[C@@H](O[Si](C)(C)C(C)(C)C)CC2=O)co1. The first-order chi connectivity index (χ1) is 13.4. The quantitative estimate of drug-likeness (QED) is 0.747. The average Bonchev–Trinajstić information content (AvgIpc) is 3.25. The second-order valence-electron chi connectivity index (χ2n) is 8.95. The monoisotopic (exact) mass is 419 g/mol. The van der Waals surface area contributed by atoms with Crippen molar-refractivity contribution < 1.29 is 18.4 Å². The molecule has 3 rings (SSSR count). The number of carbonyl (C=O) groups excluding carboxylic acids is 2. The summed E-state index contributed by atoms with van der Waals surface area (Å²) in [6, 6.07) is 0. The second kappa shape index (κ2) is 7.41. The van der Waals surface area contributed by atoms with Crippen molar-refractivity contribution in [3.05, 3.63) is 24.0 Å². The van der Waals surface area contributed by atoms with E-state index in [9.17, 15) is 9.59 Å². The topological polar surface area (TPSA) is 102 Å². The molecule has 0 aromatic carbocycles. The van der Waals surface area contributed by atoms with Crippen LogP contribution >= 0.6 is 0 Å². The van der Waals surface area contributed by atoms with Gasteiger partial charge in [0.1, 0.15) is 12.0 Å². The molecule has 0 bridgehead atoms. The summed E-state index contributed by atoms with van der Waals surface area (Å²) in [6.07, 6.45) is 3.08. The van der Waals surface area contributed by atoms with Crippen molar-refractivity contribution >= 4 is 31.6 Å². The zero-order valence-electron chi connectivity index (χ0n) is 18.1. The van der Waals surface area contributed by atoms with Crippen LogP contribution in [0.4, 0.5) is 11.5 Å². The van der Waals surface area contributed by atoms with Gasteiger partial charge in [0.2, 0.25) is 5.91 Å². The molecule has 1 atom stereocenters. The van der Waals surface area contributed by atoms with Crippen molar-refractivity contribution in [1.29, 1.82) is 0 Å². The lowest BCUT2D eigenvalue weighted by molar-refractivity contribution is -0.117. The molecule has 1 N–H and O–H groups in total. The molecule has 0 radical (unpaired) electrons. The third kappa shape index (κ3) is 4.43. The van der Waals surface area contributed by atoms with Crippen LogP contribution < -0.4 is 10.2 Å². The van der Waals surface area contributed by atoms with Gasteiger partial charge < -0.3 is 14.2 Å². The number of anilines is 2. The Hall–Kier alpha value is -2.46. The predicted octanol–water partition coefficient (Wildman–Crippen LogP) is 3.10. The van der Waals surface area contributed by atoms with Gasteiger partial charge in [-0.25, -0.2) is 4.98 Å². The van der Waals surface area contributed by atoms with Crippen LogP contribution in [0, 0.1) is 6.92 Å². The number of amides is 2. The number of oxazole rings is 1. The van der Waals surface area contributed by atoms with Gasteiger partial charge in [0.25, 0.3) is 5.91 Å². The summed E-state index contributed by atoms with van der Waals surface area (Å²) in [4.78, 5) is 30.8. The highest BCUT2D eigenvalue weighted by molar-refractivity contribution is 6.74. The number of hydrogen-bond donors (Lipinski definition) is 1. The molecule has 2 aromatic rings. The number of nitrogens with zero attached hydrogens (tertiary/aromatic N) is 4. The number of hydrogen-bond acceptors (Lipinski definition) is 6. The highest BCUT2D eigenvalue weighted by Crippen LogP contribution is 2.39. The fraction of sp³-hybridized carbons (Fsp3) is 0.579. The van der Waals surface area contributed by atoms with Crippen LogP contribution in [-0.4, -0.2) is 47.5 Å². The van der Waals surface area contributed by atoms with Gasteiger partial charge in [0.05, 0.1) is 25.3 Å². The smallest absolute Gasteiger partial charge is 0.277 e. The summed E-state index contributed by atoms with van der Waals surface area (Å²) in [5.41, 5.74) is 0.615. The number of aryl methyl sites for hydroxylation is 2. The first-order valence-electron chi connectivity index (χ1n) is 9.62. The molecule has 10 heteroatoms. The molecular formula is C19H29N5O4Si. The van der Waals surface area contributed by atoms with Crippen LogP contribution in [0.3, 0.4) is 0 Å². The van der Waals surface area contributed by atoms with E-state index >= 15 is 0 Å². The van der Waals surface area contributed by atoms with E-state index in [1.54, 1.807) is 29.7 Å². The Kier molecular flexibility index (Phi) is 5.43. The summed E-state index contributed by atoms with van der Waals surface area (Å²) >= 11 is 0. The van der Waals surface area contributed by atoms with E-state index in [-0.39, 0.29) is 22.7 Å². The molecule has 3 heterocycles. The van der Waals surface area contributed by atoms with Gasteiger partial charge in [-0.05, 0) is 18.1 Å². The van der Waals surface area contributed by atoms with E-state index in [0.29, 0.717) is 30.4 Å².